The number of hydrogen-bond acceptors (Lipinski definition) is 7. The number of fused-ring (bicyclic) bond motifs is 2. The molecule has 2 heterocycles. The molecule has 1 unspecified atom stereocenters. The van der Waals surface area contributed by atoms with E-state index in [1.165, 1.54) is 6.42 Å². The molecule has 7 nitrogen and oxygen atoms in total. The van der Waals surface area contributed by atoms with E-state index in [0.29, 0.717) is 36.2 Å². The average Bonchev–Trinajstić information content (AvgIpc) is 2.79. The third-order valence-electron chi connectivity index (χ3n) is 8.00. The third kappa shape index (κ3) is 4.65. The summed E-state index contributed by atoms with van der Waals surface area (Å²) in [5, 5.41) is 14.2. The third-order valence-corrected chi connectivity index (χ3v) is 8.00. The van der Waals surface area contributed by atoms with Gasteiger partial charge in [-0.3, -0.25) is 0 Å². The molecule has 3 aliphatic rings. The minimum absolute atomic E-state index is 0.102. The quantitative estimate of drug-likeness (QED) is 0.555. The van der Waals surface area contributed by atoms with Gasteiger partial charge in [-0.15, -0.1) is 0 Å². The fourth-order valence-corrected chi connectivity index (χ4v) is 6.42. The number of aliphatic hydroxyl groups excluding tert-OH is 1. The normalized spacial score (nSPS) is 30.0. The van der Waals surface area contributed by atoms with Crippen molar-refractivity contribution < 1.29 is 14.6 Å². The molecule has 2 fully saturated rings. The molecule has 3 aliphatic carbocycles. The molecular formula is C27H38N4O3. The van der Waals surface area contributed by atoms with Gasteiger partial charge in [0.25, 0.3) is 0 Å². The lowest BCUT2D eigenvalue weighted by molar-refractivity contribution is 0.112. The number of nitrogens with one attached hydrogen (secondary N) is 1. The fraction of sp³-hybridized carbons (Fsp3) is 0.667. The molecule has 0 aliphatic heterocycles. The zero-order chi connectivity index (χ0) is 23.8. The summed E-state index contributed by atoms with van der Waals surface area (Å²) < 4.78 is 11.8. The van der Waals surface area contributed by atoms with Crippen LogP contribution in [-0.2, 0) is 4.74 Å². The first-order chi connectivity index (χ1) is 16.4. The van der Waals surface area contributed by atoms with Crippen LogP contribution in [0, 0.1) is 11.8 Å². The zero-order valence-corrected chi connectivity index (χ0v) is 20.9. The van der Waals surface area contributed by atoms with E-state index in [2.05, 4.69) is 31.1 Å². The summed E-state index contributed by atoms with van der Waals surface area (Å²) in [5.74, 6) is 2.82. The van der Waals surface area contributed by atoms with Gasteiger partial charge in [-0.25, -0.2) is 15.0 Å². The molecule has 4 atom stereocenters. The second-order valence-corrected chi connectivity index (χ2v) is 10.7. The van der Waals surface area contributed by atoms with E-state index in [0.717, 1.165) is 55.0 Å². The van der Waals surface area contributed by atoms with Gasteiger partial charge in [-0.05, 0) is 76.5 Å². The largest absolute Gasteiger partial charge is 0.474 e. The molecule has 7 heteroatoms. The molecule has 2 saturated carbocycles. The van der Waals surface area contributed by atoms with Crippen molar-refractivity contribution in [3.8, 4) is 5.88 Å². The van der Waals surface area contributed by atoms with Crippen LogP contribution in [0.25, 0.3) is 10.9 Å². The van der Waals surface area contributed by atoms with E-state index < -0.39 is 0 Å². The second kappa shape index (κ2) is 9.78. The van der Waals surface area contributed by atoms with Crippen LogP contribution in [-0.4, -0.2) is 52.0 Å². The molecule has 0 radical (unpaired) electrons. The number of pyridine rings is 1. The maximum absolute atomic E-state index is 10.0. The minimum atomic E-state index is -0.192. The van der Waals surface area contributed by atoms with Crippen LogP contribution in [0.2, 0.25) is 0 Å². The maximum Gasteiger partial charge on any atom is 0.224 e. The highest BCUT2D eigenvalue weighted by atomic mass is 16.5. The average molecular weight is 467 g/mol. The Labute approximate surface area is 202 Å². The molecule has 0 bridgehead atoms. The summed E-state index contributed by atoms with van der Waals surface area (Å²) in [4.78, 5) is 14.3. The standard InChI is InChI=1S/C27H38N4O3/c1-15-9-19-11-21(10-16(2)24(15)19)34-26-23-13-29-27(30-17(3)14-33-4)31-25(23)22(12-28-26)18-5-7-20(32)8-6-18/h12-13,16-21,32H,5-11,14H2,1-4H3,(H,29,30,31)/t16-,17+,18?,19-,20?,21?/m1/s1. The topological polar surface area (TPSA) is 89.4 Å². The van der Waals surface area contributed by atoms with Gasteiger partial charge in [0.2, 0.25) is 11.8 Å². The molecule has 34 heavy (non-hydrogen) atoms. The number of hydrogen-bond donors (Lipinski definition) is 2. The molecule has 2 N–H and O–H groups in total. The molecule has 2 aromatic heterocycles. The van der Waals surface area contributed by atoms with Crippen LogP contribution in [0.1, 0.15) is 77.2 Å². The van der Waals surface area contributed by atoms with Crippen molar-refractivity contribution in [3.63, 3.8) is 0 Å². The lowest BCUT2D eigenvalue weighted by Gasteiger charge is -2.43. The SMILES string of the molecule is COC[C@H](C)Nc1ncc2c(OC3C[C@H]4CC(C)=C4[C@H](C)C3)ncc(C3CCC(O)CC3)c2n1. The molecule has 0 saturated heterocycles. The number of ether oxygens (including phenoxy) is 2. The summed E-state index contributed by atoms with van der Waals surface area (Å²) >= 11 is 0. The Morgan fingerprint density at radius 1 is 1.12 bits per heavy atom. The minimum Gasteiger partial charge on any atom is -0.474 e. The molecule has 2 aromatic rings. The predicted octanol–water partition coefficient (Wildman–Crippen LogP) is 5.00. The number of anilines is 1. The maximum atomic E-state index is 10.0. The van der Waals surface area contributed by atoms with Crippen molar-refractivity contribution in [1.29, 1.82) is 0 Å². The highest BCUT2D eigenvalue weighted by Gasteiger charge is 2.38. The number of aromatic nitrogens is 3. The predicted molar refractivity (Wildman–Crippen MR) is 133 cm³/mol. The first-order valence-electron chi connectivity index (χ1n) is 12.9. The summed E-state index contributed by atoms with van der Waals surface area (Å²) in [6, 6.07) is 0.102. The van der Waals surface area contributed by atoms with Gasteiger partial charge in [-0.1, -0.05) is 18.1 Å². The Bertz CT molecular complexity index is 1060. The lowest BCUT2D eigenvalue weighted by Crippen LogP contribution is -2.36. The van der Waals surface area contributed by atoms with Gasteiger partial charge in [0.15, 0.2) is 0 Å². The van der Waals surface area contributed by atoms with Crippen molar-refractivity contribution >= 4 is 16.9 Å². The Morgan fingerprint density at radius 3 is 2.62 bits per heavy atom. The smallest absolute Gasteiger partial charge is 0.224 e. The van der Waals surface area contributed by atoms with E-state index in [4.69, 9.17) is 19.4 Å². The van der Waals surface area contributed by atoms with Crippen molar-refractivity contribution in [2.24, 2.45) is 11.8 Å². The van der Waals surface area contributed by atoms with Crippen molar-refractivity contribution in [2.75, 3.05) is 19.0 Å². The van der Waals surface area contributed by atoms with E-state index >= 15 is 0 Å². The molecule has 0 spiro atoms. The highest BCUT2D eigenvalue weighted by Crippen LogP contribution is 2.48. The van der Waals surface area contributed by atoms with E-state index in [9.17, 15) is 5.11 Å². The zero-order valence-electron chi connectivity index (χ0n) is 20.9. The van der Waals surface area contributed by atoms with Gasteiger partial charge in [-0.2, -0.15) is 0 Å². The number of allylic oxidation sites excluding steroid dienone is 2. The number of methoxy groups -OCH3 is 1. The molecular weight excluding hydrogens is 428 g/mol. The van der Waals surface area contributed by atoms with Gasteiger partial charge in [0.05, 0.1) is 23.6 Å². The summed E-state index contributed by atoms with van der Waals surface area (Å²) in [7, 11) is 1.69. The van der Waals surface area contributed by atoms with Crippen LogP contribution in [0.4, 0.5) is 5.95 Å². The van der Waals surface area contributed by atoms with E-state index in [1.807, 2.05) is 12.4 Å². The molecule has 0 aromatic carbocycles. The summed E-state index contributed by atoms with van der Waals surface area (Å²) in [6.45, 7) is 7.24. The van der Waals surface area contributed by atoms with Crippen molar-refractivity contribution in [1.82, 2.24) is 15.0 Å². The Kier molecular flexibility index (Phi) is 6.76. The highest BCUT2D eigenvalue weighted by molar-refractivity contribution is 5.86. The van der Waals surface area contributed by atoms with Crippen molar-refractivity contribution in [3.05, 3.63) is 29.1 Å². The number of aliphatic hydroxyl groups is 1. The second-order valence-electron chi connectivity index (χ2n) is 10.7. The van der Waals surface area contributed by atoms with Gasteiger partial charge in [0.1, 0.15) is 6.10 Å². The molecule has 0 amide bonds. The first-order valence-corrected chi connectivity index (χ1v) is 12.9. The van der Waals surface area contributed by atoms with Gasteiger partial charge < -0.3 is 19.9 Å². The summed E-state index contributed by atoms with van der Waals surface area (Å²) in [6.07, 6.45) is 10.6. The van der Waals surface area contributed by atoms with Crippen LogP contribution in [0.15, 0.2) is 23.5 Å². The van der Waals surface area contributed by atoms with E-state index in [-0.39, 0.29) is 18.2 Å². The van der Waals surface area contributed by atoms with Gasteiger partial charge >= 0.3 is 0 Å². The van der Waals surface area contributed by atoms with Crippen LogP contribution >= 0.6 is 0 Å². The van der Waals surface area contributed by atoms with Gasteiger partial charge in [0, 0.05) is 31.1 Å². The van der Waals surface area contributed by atoms with Crippen LogP contribution < -0.4 is 10.1 Å². The summed E-state index contributed by atoms with van der Waals surface area (Å²) in [5.41, 5.74) is 5.29. The monoisotopic (exact) mass is 466 g/mol. The molecule has 184 valence electrons. The first kappa shape index (κ1) is 23.5. The van der Waals surface area contributed by atoms with Crippen LogP contribution in [0.3, 0.4) is 0 Å². The lowest BCUT2D eigenvalue weighted by atomic mass is 9.64. The van der Waals surface area contributed by atoms with Crippen molar-refractivity contribution in [2.45, 2.75) is 89.9 Å². The Balaban J connectivity index is 1.45. The Hall–Kier alpha value is -2.25. The van der Waals surface area contributed by atoms with Crippen LogP contribution in [0.5, 0.6) is 5.88 Å². The number of rotatable bonds is 7. The number of nitrogens with zero attached hydrogens (tertiary/aromatic N) is 3. The van der Waals surface area contributed by atoms with E-state index in [1.54, 1.807) is 18.3 Å². The Morgan fingerprint density at radius 2 is 1.91 bits per heavy atom. The molecule has 5 rings (SSSR count). The fourth-order valence-electron chi connectivity index (χ4n) is 6.42.